The number of benzene rings is 2. The van der Waals surface area contributed by atoms with Gasteiger partial charge >= 0.3 is 0 Å². The van der Waals surface area contributed by atoms with E-state index in [4.69, 9.17) is 5.73 Å². The molecule has 26 heavy (non-hydrogen) atoms. The van der Waals surface area contributed by atoms with Crippen molar-refractivity contribution in [3.05, 3.63) is 71.8 Å². The summed E-state index contributed by atoms with van der Waals surface area (Å²) in [5.41, 5.74) is 10.6. The van der Waals surface area contributed by atoms with Crippen LogP contribution >= 0.6 is 11.8 Å². The average molecular weight is 361 g/mol. The predicted octanol–water partition coefficient (Wildman–Crippen LogP) is 4.31. The molecule has 0 atom stereocenters. The minimum Gasteiger partial charge on any atom is -0.383 e. The standard InChI is InChI=1S/C20H19N5S/c1-13-7-8-17(14(2)11-13)25-10-9-22-20(25)26-12-18-23-16-6-4-3-5-15(16)19(21)24-18/h3-11H,12H2,1-2H3,(H2,21,23,24). The molecule has 0 aliphatic heterocycles. The first-order valence-corrected chi connectivity index (χ1v) is 9.35. The van der Waals surface area contributed by atoms with E-state index in [-0.39, 0.29) is 0 Å². The van der Waals surface area contributed by atoms with Crippen LogP contribution in [0.3, 0.4) is 0 Å². The Hall–Kier alpha value is -2.86. The number of hydrogen-bond donors (Lipinski definition) is 1. The molecular formula is C20H19N5S. The van der Waals surface area contributed by atoms with Crippen molar-refractivity contribution in [1.82, 2.24) is 19.5 Å². The molecule has 6 heteroatoms. The Morgan fingerprint density at radius 3 is 2.77 bits per heavy atom. The lowest BCUT2D eigenvalue weighted by Crippen LogP contribution is -2.01. The van der Waals surface area contributed by atoms with E-state index in [1.54, 1.807) is 11.8 Å². The average Bonchev–Trinajstić information content (AvgIpc) is 3.08. The fourth-order valence-electron chi connectivity index (χ4n) is 3.00. The van der Waals surface area contributed by atoms with Gasteiger partial charge in [-0.15, -0.1) is 0 Å². The van der Waals surface area contributed by atoms with Gasteiger partial charge in [0.2, 0.25) is 0 Å². The number of thioether (sulfide) groups is 1. The van der Waals surface area contributed by atoms with Crippen molar-refractivity contribution in [3.8, 4) is 5.69 Å². The van der Waals surface area contributed by atoms with Crippen molar-refractivity contribution in [2.75, 3.05) is 5.73 Å². The van der Waals surface area contributed by atoms with Gasteiger partial charge in [-0.25, -0.2) is 15.0 Å². The lowest BCUT2D eigenvalue weighted by atomic mass is 10.1. The summed E-state index contributed by atoms with van der Waals surface area (Å²) < 4.78 is 2.10. The van der Waals surface area contributed by atoms with Crippen LogP contribution < -0.4 is 5.73 Å². The fourth-order valence-corrected chi connectivity index (χ4v) is 3.82. The molecule has 0 spiro atoms. The summed E-state index contributed by atoms with van der Waals surface area (Å²) in [5.74, 6) is 1.84. The van der Waals surface area contributed by atoms with Crippen molar-refractivity contribution in [2.45, 2.75) is 24.8 Å². The van der Waals surface area contributed by atoms with Gasteiger partial charge in [0.1, 0.15) is 11.6 Å². The van der Waals surface area contributed by atoms with Crippen LogP contribution in [0.15, 0.2) is 60.0 Å². The molecule has 130 valence electrons. The number of anilines is 1. The topological polar surface area (TPSA) is 69.6 Å². The van der Waals surface area contributed by atoms with E-state index in [0.717, 1.165) is 21.7 Å². The summed E-state index contributed by atoms with van der Waals surface area (Å²) in [6.07, 6.45) is 3.80. The van der Waals surface area contributed by atoms with Crippen molar-refractivity contribution < 1.29 is 0 Å². The quantitative estimate of drug-likeness (QED) is 0.549. The zero-order valence-corrected chi connectivity index (χ0v) is 15.5. The Morgan fingerprint density at radius 2 is 1.92 bits per heavy atom. The number of fused-ring (bicyclic) bond motifs is 1. The van der Waals surface area contributed by atoms with E-state index in [2.05, 4.69) is 51.6 Å². The molecule has 2 heterocycles. The zero-order valence-electron chi connectivity index (χ0n) is 14.7. The Morgan fingerprint density at radius 1 is 1.08 bits per heavy atom. The Kier molecular flexibility index (Phi) is 4.34. The third kappa shape index (κ3) is 3.15. The van der Waals surface area contributed by atoms with Gasteiger partial charge in [0.15, 0.2) is 5.16 Å². The Bertz CT molecular complexity index is 1090. The maximum Gasteiger partial charge on any atom is 0.173 e. The second-order valence-corrected chi connectivity index (χ2v) is 7.14. The predicted molar refractivity (Wildman–Crippen MR) is 107 cm³/mol. The largest absolute Gasteiger partial charge is 0.383 e. The first-order valence-electron chi connectivity index (χ1n) is 8.37. The van der Waals surface area contributed by atoms with Crippen LogP contribution in [-0.2, 0) is 5.75 Å². The third-order valence-corrected chi connectivity index (χ3v) is 5.19. The molecule has 0 radical (unpaired) electrons. The number of aryl methyl sites for hydroxylation is 2. The normalized spacial score (nSPS) is 11.2. The second-order valence-electron chi connectivity index (χ2n) is 6.20. The molecule has 2 aromatic carbocycles. The van der Waals surface area contributed by atoms with Gasteiger partial charge in [0.05, 0.1) is 17.0 Å². The van der Waals surface area contributed by atoms with Gasteiger partial charge in [-0.05, 0) is 37.6 Å². The molecule has 0 aliphatic carbocycles. The first-order chi connectivity index (χ1) is 12.6. The van der Waals surface area contributed by atoms with E-state index in [1.807, 2.05) is 36.7 Å². The number of imidazole rings is 1. The molecular weight excluding hydrogens is 342 g/mol. The maximum atomic E-state index is 6.08. The van der Waals surface area contributed by atoms with E-state index >= 15 is 0 Å². The van der Waals surface area contributed by atoms with Crippen molar-refractivity contribution >= 4 is 28.5 Å². The van der Waals surface area contributed by atoms with Gasteiger partial charge in [0.25, 0.3) is 0 Å². The number of para-hydroxylation sites is 1. The van der Waals surface area contributed by atoms with E-state index in [1.165, 1.54) is 11.1 Å². The number of nitrogens with two attached hydrogens (primary N) is 1. The third-order valence-electron chi connectivity index (χ3n) is 4.23. The Balaban J connectivity index is 1.61. The molecule has 0 aliphatic rings. The summed E-state index contributed by atoms with van der Waals surface area (Å²) in [5, 5.41) is 1.80. The molecule has 0 saturated carbocycles. The SMILES string of the molecule is Cc1ccc(-n2ccnc2SCc2nc(N)c3ccccc3n2)c(C)c1. The van der Waals surface area contributed by atoms with Crippen LogP contribution in [-0.4, -0.2) is 19.5 Å². The van der Waals surface area contributed by atoms with Gasteiger partial charge in [-0.3, -0.25) is 4.57 Å². The van der Waals surface area contributed by atoms with Crippen LogP contribution in [0.4, 0.5) is 5.82 Å². The minimum atomic E-state index is 0.518. The van der Waals surface area contributed by atoms with Crippen LogP contribution in [0, 0.1) is 13.8 Å². The number of nitrogen functional groups attached to an aromatic ring is 1. The molecule has 0 fully saturated rings. The van der Waals surface area contributed by atoms with E-state index in [9.17, 15) is 0 Å². The zero-order chi connectivity index (χ0) is 18.1. The first kappa shape index (κ1) is 16.6. The molecule has 2 aromatic heterocycles. The minimum absolute atomic E-state index is 0.518. The maximum absolute atomic E-state index is 6.08. The lowest BCUT2D eigenvalue weighted by molar-refractivity contribution is 0.885. The summed E-state index contributed by atoms with van der Waals surface area (Å²) in [4.78, 5) is 13.6. The fraction of sp³-hybridized carbons (Fsp3) is 0.150. The number of nitrogens with zero attached hydrogens (tertiary/aromatic N) is 4. The number of aromatic nitrogens is 4. The van der Waals surface area contributed by atoms with Crippen LogP contribution in [0.25, 0.3) is 16.6 Å². The molecule has 5 nitrogen and oxygen atoms in total. The monoisotopic (exact) mass is 361 g/mol. The molecule has 0 amide bonds. The van der Waals surface area contributed by atoms with Crippen molar-refractivity contribution in [3.63, 3.8) is 0 Å². The van der Waals surface area contributed by atoms with Gasteiger partial charge in [-0.1, -0.05) is 41.6 Å². The molecule has 4 rings (SSSR count). The van der Waals surface area contributed by atoms with Crippen molar-refractivity contribution in [2.24, 2.45) is 0 Å². The molecule has 0 bridgehead atoms. The molecule has 0 unspecified atom stereocenters. The summed E-state index contributed by atoms with van der Waals surface area (Å²) in [6, 6.07) is 14.2. The highest BCUT2D eigenvalue weighted by molar-refractivity contribution is 7.98. The molecule has 0 saturated heterocycles. The van der Waals surface area contributed by atoms with Gasteiger partial charge in [-0.2, -0.15) is 0 Å². The molecule has 2 N–H and O–H groups in total. The second kappa shape index (κ2) is 6.80. The van der Waals surface area contributed by atoms with E-state index < -0.39 is 0 Å². The van der Waals surface area contributed by atoms with Crippen molar-refractivity contribution in [1.29, 1.82) is 0 Å². The van der Waals surface area contributed by atoms with Gasteiger partial charge in [0, 0.05) is 17.8 Å². The Labute approximate surface area is 156 Å². The van der Waals surface area contributed by atoms with Gasteiger partial charge < -0.3 is 5.73 Å². The summed E-state index contributed by atoms with van der Waals surface area (Å²) >= 11 is 1.60. The number of rotatable bonds is 4. The number of hydrogen-bond acceptors (Lipinski definition) is 5. The van der Waals surface area contributed by atoms with Crippen LogP contribution in [0.1, 0.15) is 17.0 Å². The lowest BCUT2D eigenvalue weighted by Gasteiger charge is -2.11. The highest BCUT2D eigenvalue weighted by atomic mass is 32.2. The summed E-state index contributed by atoms with van der Waals surface area (Å²) in [7, 11) is 0. The van der Waals surface area contributed by atoms with E-state index in [0.29, 0.717) is 17.4 Å². The molecule has 4 aromatic rings. The van der Waals surface area contributed by atoms with Crippen LogP contribution in [0.5, 0.6) is 0 Å². The highest BCUT2D eigenvalue weighted by Gasteiger charge is 2.11. The smallest absolute Gasteiger partial charge is 0.173 e. The summed E-state index contributed by atoms with van der Waals surface area (Å²) in [6.45, 7) is 4.21. The highest BCUT2D eigenvalue weighted by Crippen LogP contribution is 2.26. The van der Waals surface area contributed by atoms with Crippen LogP contribution in [0.2, 0.25) is 0 Å².